The van der Waals surface area contributed by atoms with E-state index in [-0.39, 0.29) is 12.1 Å². The Kier molecular flexibility index (Phi) is 7.76. The highest BCUT2D eigenvalue weighted by atomic mass is 33.1. The highest BCUT2D eigenvalue weighted by Crippen LogP contribution is 2.39. The SMILES string of the molecule is CP(=O)(O)CCNC(=O)CCCC[C@@H]1CCSS1. The summed E-state index contributed by atoms with van der Waals surface area (Å²) in [4.78, 5) is 20.5. The first-order chi connectivity index (χ1) is 8.47. The van der Waals surface area contributed by atoms with E-state index >= 15 is 0 Å². The molecule has 2 N–H and O–H groups in total. The molecule has 1 aliphatic rings. The molecule has 7 heteroatoms. The van der Waals surface area contributed by atoms with Crippen molar-refractivity contribution in [1.29, 1.82) is 0 Å². The van der Waals surface area contributed by atoms with Crippen LogP contribution >= 0.6 is 29.0 Å². The summed E-state index contributed by atoms with van der Waals surface area (Å²) in [5, 5.41) is 3.46. The van der Waals surface area contributed by atoms with E-state index in [0.29, 0.717) is 13.0 Å². The lowest BCUT2D eigenvalue weighted by Gasteiger charge is -2.08. The van der Waals surface area contributed by atoms with E-state index in [4.69, 9.17) is 4.89 Å². The maximum absolute atomic E-state index is 11.4. The van der Waals surface area contributed by atoms with E-state index < -0.39 is 7.37 Å². The van der Waals surface area contributed by atoms with Gasteiger partial charge in [-0.25, -0.2) is 0 Å². The summed E-state index contributed by atoms with van der Waals surface area (Å²) < 4.78 is 11.0. The van der Waals surface area contributed by atoms with E-state index in [9.17, 15) is 9.36 Å². The van der Waals surface area contributed by atoms with Gasteiger partial charge in [-0.3, -0.25) is 9.36 Å². The van der Waals surface area contributed by atoms with Gasteiger partial charge in [-0.1, -0.05) is 28.0 Å². The van der Waals surface area contributed by atoms with Crippen molar-refractivity contribution in [2.24, 2.45) is 0 Å². The van der Waals surface area contributed by atoms with E-state index in [2.05, 4.69) is 5.32 Å². The molecule has 4 nitrogen and oxygen atoms in total. The second kappa shape index (κ2) is 8.51. The fourth-order valence-corrected chi connectivity index (χ4v) is 5.27. The lowest BCUT2D eigenvalue weighted by Crippen LogP contribution is -2.26. The first-order valence-corrected chi connectivity index (χ1v) is 11.0. The molecule has 1 aliphatic heterocycles. The topological polar surface area (TPSA) is 66.4 Å². The van der Waals surface area contributed by atoms with Crippen LogP contribution in [0.15, 0.2) is 0 Å². The van der Waals surface area contributed by atoms with Gasteiger partial charge in [0.05, 0.1) is 0 Å². The number of amides is 1. The highest BCUT2D eigenvalue weighted by Gasteiger charge is 2.16. The molecular formula is C11H22NO3PS2. The van der Waals surface area contributed by atoms with Crippen LogP contribution in [0.1, 0.15) is 32.1 Å². The number of unbranched alkanes of at least 4 members (excludes halogenated alkanes) is 1. The van der Waals surface area contributed by atoms with Crippen LogP contribution in [0.4, 0.5) is 0 Å². The molecule has 0 radical (unpaired) electrons. The second-order valence-corrected chi connectivity index (χ2v) is 10.0. The summed E-state index contributed by atoms with van der Waals surface area (Å²) in [5.74, 6) is 1.26. The number of hydrogen-bond acceptors (Lipinski definition) is 4. The van der Waals surface area contributed by atoms with E-state index in [1.165, 1.54) is 25.3 Å². The molecule has 0 aromatic rings. The standard InChI is InChI=1S/C11H22NO3PS2/c1-16(14,15)8-7-12-11(13)5-3-2-4-10-6-9-17-18-10/h10H,2-9H2,1H3,(H,12,13)(H,14,15)/t10-/m1/s1. The van der Waals surface area contributed by atoms with Crippen LogP contribution in [0.5, 0.6) is 0 Å². The minimum Gasteiger partial charge on any atom is -0.356 e. The lowest BCUT2D eigenvalue weighted by molar-refractivity contribution is -0.121. The zero-order valence-electron chi connectivity index (χ0n) is 10.8. The quantitative estimate of drug-likeness (QED) is 0.410. The molecule has 0 aliphatic carbocycles. The molecule has 0 aromatic carbocycles. The normalized spacial score (nSPS) is 22.7. The van der Waals surface area contributed by atoms with Gasteiger partial charge in [0.2, 0.25) is 5.91 Å². The Labute approximate surface area is 117 Å². The molecule has 0 bridgehead atoms. The van der Waals surface area contributed by atoms with Gasteiger partial charge in [0.1, 0.15) is 0 Å². The fourth-order valence-electron chi connectivity index (χ4n) is 1.71. The van der Waals surface area contributed by atoms with Crippen molar-refractivity contribution in [3.8, 4) is 0 Å². The van der Waals surface area contributed by atoms with Crippen LogP contribution in [0.3, 0.4) is 0 Å². The minimum absolute atomic E-state index is 0.00287. The predicted molar refractivity (Wildman–Crippen MR) is 80.5 cm³/mol. The third-order valence-corrected chi connectivity index (χ3v) is 6.82. The van der Waals surface area contributed by atoms with Crippen molar-refractivity contribution in [3.05, 3.63) is 0 Å². The summed E-state index contributed by atoms with van der Waals surface area (Å²) in [6, 6.07) is 0. The smallest absolute Gasteiger partial charge is 0.220 e. The Balaban J connectivity index is 1.94. The maximum atomic E-state index is 11.4. The summed E-state index contributed by atoms with van der Waals surface area (Å²) >= 11 is 0. The molecule has 1 heterocycles. The van der Waals surface area contributed by atoms with Crippen LogP contribution in [-0.2, 0) is 9.36 Å². The molecule has 0 saturated carbocycles. The molecule has 1 unspecified atom stereocenters. The molecule has 18 heavy (non-hydrogen) atoms. The largest absolute Gasteiger partial charge is 0.356 e. The van der Waals surface area contributed by atoms with Gasteiger partial charge in [0, 0.05) is 36.8 Å². The lowest BCUT2D eigenvalue weighted by atomic mass is 10.1. The maximum Gasteiger partial charge on any atom is 0.220 e. The fraction of sp³-hybridized carbons (Fsp3) is 0.909. The zero-order valence-corrected chi connectivity index (χ0v) is 13.3. The third kappa shape index (κ3) is 8.46. The van der Waals surface area contributed by atoms with E-state index in [1.54, 1.807) is 0 Å². The average molecular weight is 311 g/mol. The zero-order chi connectivity index (χ0) is 13.4. The van der Waals surface area contributed by atoms with Crippen molar-refractivity contribution >= 4 is 34.9 Å². The Hall–Kier alpha value is 0.360. The van der Waals surface area contributed by atoms with Gasteiger partial charge in [-0.05, 0) is 19.3 Å². The molecule has 1 fully saturated rings. The number of rotatable bonds is 8. The number of carbonyl (C=O) groups is 1. The van der Waals surface area contributed by atoms with Gasteiger partial charge in [-0.2, -0.15) is 0 Å². The van der Waals surface area contributed by atoms with Crippen LogP contribution in [0.25, 0.3) is 0 Å². The summed E-state index contributed by atoms with van der Waals surface area (Å²) in [5.41, 5.74) is 0. The van der Waals surface area contributed by atoms with E-state index in [1.807, 2.05) is 21.6 Å². The van der Waals surface area contributed by atoms with Crippen molar-refractivity contribution in [1.82, 2.24) is 5.32 Å². The molecule has 0 spiro atoms. The van der Waals surface area contributed by atoms with Crippen LogP contribution < -0.4 is 5.32 Å². The monoisotopic (exact) mass is 311 g/mol. The Morgan fingerprint density at radius 3 is 2.89 bits per heavy atom. The predicted octanol–water partition coefficient (Wildman–Crippen LogP) is 2.72. The minimum atomic E-state index is -2.99. The Bertz CT molecular complexity index is 303. The van der Waals surface area contributed by atoms with Crippen molar-refractivity contribution in [3.63, 3.8) is 0 Å². The second-order valence-electron chi connectivity index (χ2n) is 4.70. The molecule has 106 valence electrons. The molecule has 0 aromatic heterocycles. The van der Waals surface area contributed by atoms with Crippen molar-refractivity contribution in [2.75, 3.05) is 25.1 Å². The summed E-state index contributed by atoms with van der Waals surface area (Å²) in [6.07, 6.45) is 5.20. The summed E-state index contributed by atoms with van der Waals surface area (Å²) in [6.45, 7) is 1.62. The van der Waals surface area contributed by atoms with Crippen LogP contribution in [0.2, 0.25) is 0 Å². The van der Waals surface area contributed by atoms with Gasteiger partial charge in [0.15, 0.2) is 7.37 Å². The van der Waals surface area contributed by atoms with Crippen LogP contribution in [0, 0.1) is 0 Å². The average Bonchev–Trinajstić information content (AvgIpc) is 2.75. The molecule has 1 saturated heterocycles. The Morgan fingerprint density at radius 2 is 2.28 bits per heavy atom. The number of carbonyl (C=O) groups excluding carboxylic acids is 1. The first kappa shape index (κ1) is 16.4. The van der Waals surface area contributed by atoms with Crippen LogP contribution in [-0.4, -0.2) is 41.2 Å². The van der Waals surface area contributed by atoms with Gasteiger partial charge in [0.25, 0.3) is 0 Å². The molecular weight excluding hydrogens is 289 g/mol. The highest BCUT2D eigenvalue weighted by molar-refractivity contribution is 8.77. The van der Waals surface area contributed by atoms with E-state index in [0.717, 1.165) is 18.1 Å². The van der Waals surface area contributed by atoms with Gasteiger partial charge in [-0.15, -0.1) is 0 Å². The molecule has 2 atom stereocenters. The number of hydrogen-bond donors (Lipinski definition) is 2. The van der Waals surface area contributed by atoms with Gasteiger partial charge < -0.3 is 10.2 Å². The Morgan fingerprint density at radius 1 is 1.50 bits per heavy atom. The van der Waals surface area contributed by atoms with Gasteiger partial charge >= 0.3 is 0 Å². The van der Waals surface area contributed by atoms with Crippen molar-refractivity contribution < 1.29 is 14.3 Å². The molecule has 1 amide bonds. The third-order valence-electron chi connectivity index (χ3n) is 2.76. The summed E-state index contributed by atoms with van der Waals surface area (Å²) in [7, 11) is 0.934. The number of nitrogens with one attached hydrogen (secondary N) is 1. The molecule has 1 rings (SSSR count). The first-order valence-electron chi connectivity index (χ1n) is 6.31. The van der Waals surface area contributed by atoms with Crippen molar-refractivity contribution in [2.45, 2.75) is 37.4 Å².